The number of ether oxygens (including phenoxy) is 1. The molecule has 1 aliphatic carbocycles. The van der Waals surface area contributed by atoms with Gasteiger partial charge in [-0.15, -0.1) is 0 Å². The van der Waals surface area contributed by atoms with Crippen molar-refractivity contribution in [3.63, 3.8) is 0 Å². The summed E-state index contributed by atoms with van der Waals surface area (Å²) in [6, 6.07) is 26.0. The van der Waals surface area contributed by atoms with Gasteiger partial charge in [0.25, 0.3) is 0 Å². The van der Waals surface area contributed by atoms with Gasteiger partial charge < -0.3 is 9.64 Å². The van der Waals surface area contributed by atoms with Gasteiger partial charge in [-0.3, -0.25) is 0 Å². The Morgan fingerprint density at radius 1 is 0.714 bits per heavy atom. The molecule has 1 aliphatic heterocycles. The molecule has 4 aromatic carbocycles. The van der Waals surface area contributed by atoms with E-state index in [1.165, 1.54) is 12.1 Å². The second kappa shape index (κ2) is 6.86. The minimum Gasteiger partial charge on any atom is -0.453 e. The number of nitrogens with zero attached hydrogens (tertiary/aromatic N) is 5. The predicted octanol–water partition coefficient (Wildman–Crippen LogP) is 6.74. The third-order valence-corrected chi connectivity index (χ3v) is 6.35. The Bertz CT molecular complexity index is 1790. The van der Waals surface area contributed by atoms with Gasteiger partial charge in [0.2, 0.25) is 0 Å². The maximum atomic E-state index is 15.1. The van der Waals surface area contributed by atoms with Crippen molar-refractivity contribution < 1.29 is 9.13 Å². The van der Waals surface area contributed by atoms with Crippen LogP contribution in [0.5, 0.6) is 11.5 Å². The topological polar surface area (TPSA) is 85.8 Å². The summed E-state index contributed by atoms with van der Waals surface area (Å²) in [6.45, 7) is 0. The van der Waals surface area contributed by atoms with Crippen molar-refractivity contribution in [2.45, 2.75) is 0 Å². The summed E-state index contributed by atoms with van der Waals surface area (Å²) >= 11 is 0. The first-order valence-corrected chi connectivity index (χ1v) is 10.8. The van der Waals surface area contributed by atoms with Crippen molar-refractivity contribution in [3.8, 4) is 46.2 Å². The molecule has 0 radical (unpaired) electrons. The van der Waals surface area contributed by atoms with E-state index >= 15 is 4.39 Å². The van der Waals surface area contributed by atoms with Crippen LogP contribution < -0.4 is 9.64 Å². The monoisotopic (exact) mass is 453 g/mol. The van der Waals surface area contributed by atoms with Gasteiger partial charge >= 0.3 is 0 Å². The third kappa shape index (κ3) is 2.55. The quantitative estimate of drug-likeness (QED) is 0.274. The molecule has 7 heteroatoms. The van der Waals surface area contributed by atoms with Gasteiger partial charge in [-0.2, -0.15) is 10.5 Å². The number of halogens is 1. The summed E-state index contributed by atoms with van der Waals surface area (Å²) < 4.78 is 21.2. The van der Waals surface area contributed by atoms with Crippen LogP contribution in [0.15, 0.2) is 72.8 Å². The maximum Gasteiger partial charge on any atom is 0.177 e. The molecule has 0 spiro atoms. The molecule has 0 unspecified atom stereocenters. The number of rotatable bonds is 1. The summed E-state index contributed by atoms with van der Waals surface area (Å²) in [5.74, 6) is 0.955. The first kappa shape index (κ1) is 19.2. The zero-order chi connectivity index (χ0) is 23.7. The highest BCUT2D eigenvalue weighted by atomic mass is 19.1. The van der Waals surface area contributed by atoms with Crippen molar-refractivity contribution in [1.82, 2.24) is 9.97 Å². The van der Waals surface area contributed by atoms with Crippen LogP contribution in [0.25, 0.3) is 33.3 Å². The summed E-state index contributed by atoms with van der Waals surface area (Å²) in [5, 5.41) is 20.3. The molecule has 2 aliphatic rings. The average Bonchev–Trinajstić information content (AvgIpc) is 3.20. The molecule has 5 aromatic rings. The van der Waals surface area contributed by atoms with Gasteiger partial charge in [-0.05, 0) is 48.5 Å². The van der Waals surface area contributed by atoms with E-state index in [-0.39, 0.29) is 11.4 Å². The van der Waals surface area contributed by atoms with Gasteiger partial charge in [-0.25, -0.2) is 14.4 Å². The second-order valence-electron chi connectivity index (χ2n) is 8.22. The van der Waals surface area contributed by atoms with E-state index in [1.807, 2.05) is 72.8 Å². The van der Waals surface area contributed by atoms with E-state index < -0.39 is 5.82 Å². The van der Waals surface area contributed by atoms with Crippen LogP contribution >= 0.6 is 0 Å². The SMILES string of the molecule is N#Cc1nc2c(nc1C#N)-c1cc(F)cc3c(N4c5ccccc5Oc5ccccc54)ccc-2c13. The standard InChI is InChI=1S/C28H12FN5O/c29-15-11-17-21(34-22-5-1-3-7-24(22)35-25-8-4-2-6-23(25)34)10-9-16-26(17)18(12-15)28-27(16)32-19(13-30)20(14-31)33-28/h1-12H. The highest BCUT2D eigenvalue weighted by Gasteiger charge is 2.32. The molecule has 0 saturated heterocycles. The molecule has 0 amide bonds. The lowest BCUT2D eigenvalue weighted by molar-refractivity contribution is 0.477. The average molecular weight is 453 g/mol. The van der Waals surface area contributed by atoms with Crippen molar-refractivity contribution in [2.24, 2.45) is 0 Å². The van der Waals surface area contributed by atoms with Gasteiger partial charge in [0, 0.05) is 21.9 Å². The third-order valence-electron chi connectivity index (χ3n) is 6.35. The Hall–Kier alpha value is -5.27. The Morgan fingerprint density at radius 2 is 1.31 bits per heavy atom. The molecule has 6 nitrogen and oxygen atoms in total. The van der Waals surface area contributed by atoms with E-state index in [1.54, 1.807) is 0 Å². The Balaban J connectivity index is 1.56. The summed E-state index contributed by atoms with van der Waals surface area (Å²) in [7, 11) is 0. The number of anilines is 3. The van der Waals surface area contributed by atoms with Gasteiger partial charge in [0.05, 0.1) is 28.5 Å². The van der Waals surface area contributed by atoms with Crippen LogP contribution in [0.1, 0.15) is 11.4 Å². The molecule has 0 atom stereocenters. The van der Waals surface area contributed by atoms with Crippen LogP contribution in [-0.2, 0) is 0 Å². The van der Waals surface area contributed by atoms with E-state index in [0.717, 1.165) is 28.0 Å². The van der Waals surface area contributed by atoms with Crippen molar-refractivity contribution in [3.05, 3.63) is 90.0 Å². The highest BCUT2D eigenvalue weighted by molar-refractivity contribution is 6.18. The zero-order valence-electron chi connectivity index (χ0n) is 18.0. The molecular formula is C28H12FN5O. The highest BCUT2D eigenvalue weighted by Crippen LogP contribution is 2.54. The fourth-order valence-corrected chi connectivity index (χ4v) is 4.94. The number of nitriles is 2. The predicted molar refractivity (Wildman–Crippen MR) is 128 cm³/mol. The molecule has 162 valence electrons. The Labute approximate surface area is 198 Å². The lowest BCUT2D eigenvalue weighted by atomic mass is 10.00. The molecule has 35 heavy (non-hydrogen) atoms. The normalized spacial score (nSPS) is 12.3. The van der Waals surface area contributed by atoms with E-state index in [0.29, 0.717) is 33.8 Å². The fourth-order valence-electron chi connectivity index (χ4n) is 4.94. The second-order valence-corrected chi connectivity index (χ2v) is 8.22. The van der Waals surface area contributed by atoms with Gasteiger partial charge in [-0.1, -0.05) is 24.3 Å². The molecule has 7 rings (SSSR count). The number of hydrogen-bond acceptors (Lipinski definition) is 6. The molecular weight excluding hydrogens is 441 g/mol. The largest absolute Gasteiger partial charge is 0.453 e. The minimum atomic E-state index is -0.432. The van der Waals surface area contributed by atoms with Crippen LogP contribution in [0.2, 0.25) is 0 Å². The summed E-state index contributed by atoms with van der Waals surface area (Å²) in [6.07, 6.45) is 0. The lowest BCUT2D eigenvalue weighted by Gasteiger charge is -2.33. The van der Waals surface area contributed by atoms with E-state index in [4.69, 9.17) is 4.74 Å². The molecule has 2 heterocycles. The van der Waals surface area contributed by atoms with Crippen LogP contribution in [-0.4, -0.2) is 9.97 Å². The molecule has 0 fully saturated rings. The number of benzene rings is 4. The fraction of sp³-hybridized carbons (Fsp3) is 0. The summed E-state index contributed by atoms with van der Waals surface area (Å²) in [4.78, 5) is 10.9. The molecule has 0 N–H and O–H groups in total. The molecule has 0 bridgehead atoms. The van der Waals surface area contributed by atoms with Gasteiger partial charge in [0.15, 0.2) is 22.9 Å². The number of aromatic nitrogens is 2. The van der Waals surface area contributed by atoms with Gasteiger partial charge in [0.1, 0.15) is 18.0 Å². The lowest BCUT2D eigenvalue weighted by Crippen LogP contribution is -2.16. The van der Waals surface area contributed by atoms with Crippen molar-refractivity contribution in [1.29, 1.82) is 10.5 Å². The number of hydrogen-bond donors (Lipinski definition) is 0. The van der Waals surface area contributed by atoms with Crippen LogP contribution in [0.4, 0.5) is 21.5 Å². The molecule has 0 saturated carbocycles. The zero-order valence-corrected chi connectivity index (χ0v) is 18.0. The molecule has 1 aromatic heterocycles. The maximum absolute atomic E-state index is 15.1. The first-order chi connectivity index (χ1) is 17.2. The van der Waals surface area contributed by atoms with E-state index in [9.17, 15) is 10.5 Å². The Kier molecular flexibility index (Phi) is 3.77. The van der Waals surface area contributed by atoms with Crippen molar-refractivity contribution >= 4 is 27.8 Å². The van der Waals surface area contributed by atoms with Crippen molar-refractivity contribution in [2.75, 3.05) is 4.90 Å². The Morgan fingerprint density at radius 3 is 1.94 bits per heavy atom. The smallest absolute Gasteiger partial charge is 0.177 e. The minimum absolute atomic E-state index is 0.0483. The number of para-hydroxylation sites is 4. The number of fused-ring (bicyclic) bond motifs is 5. The van der Waals surface area contributed by atoms with Crippen LogP contribution in [0, 0.1) is 28.5 Å². The summed E-state index contributed by atoms with van der Waals surface area (Å²) in [5.41, 5.74) is 4.48. The first-order valence-electron chi connectivity index (χ1n) is 10.8. The van der Waals surface area contributed by atoms with E-state index in [2.05, 4.69) is 14.9 Å². The van der Waals surface area contributed by atoms with Crippen LogP contribution in [0.3, 0.4) is 0 Å².